The summed E-state index contributed by atoms with van der Waals surface area (Å²) in [6.07, 6.45) is -11.1. The van der Waals surface area contributed by atoms with E-state index in [1.54, 1.807) is 0 Å². The van der Waals surface area contributed by atoms with Crippen LogP contribution >= 0.6 is 0 Å². The fraction of sp³-hybridized carbons (Fsp3) is 0.706. The molecule has 0 amide bonds. The smallest absolute Gasteiger partial charge is 0.312 e. The van der Waals surface area contributed by atoms with Gasteiger partial charge in [-0.05, 0) is 24.7 Å². The summed E-state index contributed by atoms with van der Waals surface area (Å²) in [6, 6.07) is 0. The SMILES string of the molecule is CC(=O)OC[C@H]1O[C@@H](O[C@H]2[C@H](OC(C)=O)[C@@H](OC(C)=O)C(OC(=O)C3CC4C=CC3C4)O[C@@H]2COC(C)=O)[C@H](OC(C)=O)[C@@H](OC(C)=O)[C@@H]1OC(C)=O. The maximum absolute atomic E-state index is 13.5. The third-order valence-corrected chi connectivity index (χ3v) is 8.70. The van der Waals surface area contributed by atoms with Crippen LogP contribution in [0.15, 0.2) is 12.2 Å². The minimum atomic E-state index is -1.83. The Morgan fingerprint density at radius 3 is 1.38 bits per heavy atom. The van der Waals surface area contributed by atoms with Crippen LogP contribution in [-0.4, -0.2) is 122 Å². The largest absolute Gasteiger partial charge is 0.463 e. The highest BCUT2D eigenvalue weighted by Crippen LogP contribution is 2.44. The van der Waals surface area contributed by atoms with Crippen LogP contribution in [0.3, 0.4) is 0 Å². The first-order valence-corrected chi connectivity index (χ1v) is 16.9. The molecule has 4 unspecified atom stereocenters. The number of carbonyl (C=O) groups excluding carboxylic acids is 8. The van der Waals surface area contributed by atoms with E-state index in [1.807, 2.05) is 12.2 Å². The average Bonchev–Trinajstić information content (AvgIpc) is 3.68. The second-order valence-corrected chi connectivity index (χ2v) is 13.0. The zero-order chi connectivity index (χ0) is 39.1. The van der Waals surface area contributed by atoms with Crippen LogP contribution in [0.5, 0.6) is 0 Å². The maximum Gasteiger partial charge on any atom is 0.312 e. The number of hydrogen-bond donors (Lipinski definition) is 0. The molecule has 294 valence electrons. The number of esters is 8. The third-order valence-electron chi connectivity index (χ3n) is 8.70. The van der Waals surface area contributed by atoms with Gasteiger partial charge in [0.05, 0.1) is 5.92 Å². The van der Waals surface area contributed by atoms with E-state index < -0.39 is 128 Å². The van der Waals surface area contributed by atoms with Gasteiger partial charge in [-0.1, -0.05) is 12.2 Å². The Balaban J connectivity index is 1.77. The molecule has 3 fully saturated rings. The van der Waals surface area contributed by atoms with Crippen molar-refractivity contribution >= 4 is 47.8 Å². The van der Waals surface area contributed by atoms with Gasteiger partial charge in [-0.3, -0.25) is 38.4 Å². The fourth-order valence-electron chi connectivity index (χ4n) is 6.82. The van der Waals surface area contributed by atoms with Gasteiger partial charge in [-0.15, -0.1) is 0 Å². The predicted molar refractivity (Wildman–Crippen MR) is 168 cm³/mol. The summed E-state index contributed by atoms with van der Waals surface area (Å²) >= 11 is 0. The van der Waals surface area contributed by atoms with E-state index in [2.05, 4.69) is 0 Å². The number of rotatable bonds is 13. The van der Waals surface area contributed by atoms with Crippen molar-refractivity contribution in [1.82, 2.24) is 0 Å². The minimum absolute atomic E-state index is 0.0805. The molecule has 2 aliphatic carbocycles. The molecule has 4 aliphatic rings. The molecule has 19 heteroatoms. The highest BCUT2D eigenvalue weighted by atomic mass is 16.8. The summed E-state index contributed by atoms with van der Waals surface area (Å²) in [5, 5.41) is 0. The van der Waals surface area contributed by atoms with Crippen LogP contribution in [0.2, 0.25) is 0 Å². The molecule has 2 saturated heterocycles. The van der Waals surface area contributed by atoms with Crippen molar-refractivity contribution in [2.45, 2.75) is 123 Å². The van der Waals surface area contributed by atoms with E-state index in [0.717, 1.165) is 54.9 Å². The molecule has 13 atom stereocenters. The van der Waals surface area contributed by atoms with Crippen LogP contribution in [0.25, 0.3) is 0 Å². The van der Waals surface area contributed by atoms with Crippen LogP contribution in [0, 0.1) is 17.8 Å². The lowest BCUT2D eigenvalue weighted by atomic mass is 9.93. The molecule has 1 saturated carbocycles. The lowest BCUT2D eigenvalue weighted by Gasteiger charge is -2.48. The molecular weight excluding hydrogens is 712 g/mol. The van der Waals surface area contributed by atoms with E-state index in [0.29, 0.717) is 6.42 Å². The molecule has 0 spiro atoms. The Morgan fingerprint density at radius 2 is 0.925 bits per heavy atom. The van der Waals surface area contributed by atoms with Crippen molar-refractivity contribution in [3.05, 3.63) is 12.2 Å². The molecule has 0 N–H and O–H groups in total. The average molecular weight is 757 g/mol. The Morgan fingerprint density at radius 1 is 0.491 bits per heavy atom. The molecule has 0 radical (unpaired) electrons. The first kappa shape index (κ1) is 41.1. The van der Waals surface area contributed by atoms with Crippen LogP contribution in [0.4, 0.5) is 0 Å². The predicted octanol–water partition coefficient (Wildman–Crippen LogP) is 0.362. The van der Waals surface area contributed by atoms with Gasteiger partial charge in [0, 0.05) is 48.5 Å². The quantitative estimate of drug-likeness (QED) is 0.140. The summed E-state index contributed by atoms with van der Waals surface area (Å²) in [4.78, 5) is 99.2. The van der Waals surface area contributed by atoms with Gasteiger partial charge in [-0.25, -0.2) is 0 Å². The van der Waals surface area contributed by atoms with Gasteiger partial charge < -0.3 is 52.1 Å². The third kappa shape index (κ3) is 11.0. The van der Waals surface area contributed by atoms with Crippen molar-refractivity contribution in [1.29, 1.82) is 0 Å². The summed E-state index contributed by atoms with van der Waals surface area (Å²) in [5.74, 6) is -7.15. The highest BCUT2D eigenvalue weighted by molar-refractivity contribution is 5.74. The second kappa shape index (κ2) is 17.9. The lowest BCUT2D eigenvalue weighted by molar-refractivity contribution is -0.358. The monoisotopic (exact) mass is 756 g/mol. The molecule has 0 aromatic heterocycles. The van der Waals surface area contributed by atoms with Gasteiger partial charge in [-0.2, -0.15) is 0 Å². The summed E-state index contributed by atoms with van der Waals surface area (Å²) in [5.41, 5.74) is 0. The number of ether oxygens (including phenoxy) is 11. The van der Waals surface area contributed by atoms with Crippen LogP contribution in [-0.2, 0) is 90.5 Å². The molecule has 2 heterocycles. The second-order valence-electron chi connectivity index (χ2n) is 13.0. The fourth-order valence-corrected chi connectivity index (χ4v) is 6.82. The van der Waals surface area contributed by atoms with Gasteiger partial charge in [0.15, 0.2) is 30.7 Å². The van der Waals surface area contributed by atoms with Crippen LogP contribution in [0.1, 0.15) is 61.3 Å². The molecule has 2 aliphatic heterocycles. The van der Waals surface area contributed by atoms with Gasteiger partial charge in [0.2, 0.25) is 12.4 Å². The zero-order valence-corrected chi connectivity index (χ0v) is 30.2. The number of allylic oxidation sites excluding steroid dienone is 2. The molecule has 0 aromatic carbocycles. The van der Waals surface area contributed by atoms with E-state index in [1.165, 1.54) is 0 Å². The Bertz CT molecular complexity index is 1460. The lowest BCUT2D eigenvalue weighted by Crippen LogP contribution is -2.67. The van der Waals surface area contributed by atoms with Crippen molar-refractivity contribution in [3.8, 4) is 0 Å². The van der Waals surface area contributed by atoms with Crippen LogP contribution < -0.4 is 0 Å². The molecule has 0 aromatic rings. The summed E-state index contributed by atoms with van der Waals surface area (Å²) in [7, 11) is 0. The Kier molecular flexibility index (Phi) is 13.9. The normalized spacial score (nSPS) is 34.2. The maximum atomic E-state index is 13.5. The van der Waals surface area contributed by atoms with E-state index >= 15 is 0 Å². The molecular formula is C34H44O19. The minimum Gasteiger partial charge on any atom is -0.463 e. The molecule has 4 rings (SSSR count). The topological polar surface area (TPSA) is 238 Å². The standard InChI is InChI=1S/C34H44O19/c1-14(35)43-12-24-26(45-16(3)37)28(46-17(4)38)30(48-19(6)40)33(50-24)52-27-25(13-44-15(2)36)51-34(31(49-20(7)41)29(27)47-18(5)39)53-32(42)23-11-21-8-9-22(23)10-21/h8-9,21-31,33-34H,10-13H2,1-7H3/t21?,22?,23?,24-,25-,26-,27-,28+,29+,30-,31-,33+,34?/m1/s1. The molecule has 53 heavy (non-hydrogen) atoms. The Labute approximate surface area is 304 Å². The summed E-state index contributed by atoms with van der Waals surface area (Å²) < 4.78 is 62.0. The van der Waals surface area contributed by atoms with Crippen molar-refractivity contribution in [2.75, 3.05) is 13.2 Å². The summed E-state index contributed by atoms with van der Waals surface area (Å²) in [6.45, 7) is 6.18. The zero-order valence-electron chi connectivity index (χ0n) is 30.2. The van der Waals surface area contributed by atoms with Crippen molar-refractivity contribution < 1.29 is 90.5 Å². The van der Waals surface area contributed by atoms with Gasteiger partial charge in [0.1, 0.15) is 31.5 Å². The van der Waals surface area contributed by atoms with Crippen molar-refractivity contribution in [3.63, 3.8) is 0 Å². The molecule has 19 nitrogen and oxygen atoms in total. The first-order valence-electron chi connectivity index (χ1n) is 16.9. The van der Waals surface area contributed by atoms with E-state index in [4.69, 9.17) is 52.1 Å². The number of fused-ring (bicyclic) bond motifs is 2. The molecule has 2 bridgehead atoms. The van der Waals surface area contributed by atoms with E-state index in [9.17, 15) is 38.4 Å². The van der Waals surface area contributed by atoms with Gasteiger partial charge in [0.25, 0.3) is 0 Å². The van der Waals surface area contributed by atoms with E-state index in [-0.39, 0.29) is 11.8 Å². The highest BCUT2D eigenvalue weighted by Gasteiger charge is 2.58. The Hall–Kier alpha value is -4.62. The van der Waals surface area contributed by atoms with Crippen molar-refractivity contribution in [2.24, 2.45) is 17.8 Å². The van der Waals surface area contributed by atoms with Gasteiger partial charge >= 0.3 is 47.8 Å². The number of hydrogen-bond acceptors (Lipinski definition) is 19. The first-order chi connectivity index (χ1) is 24.9. The number of carbonyl (C=O) groups is 8.